The van der Waals surface area contributed by atoms with Crippen LogP contribution in [0.5, 0.6) is 0 Å². The third-order valence-corrected chi connectivity index (χ3v) is 3.59. The summed E-state index contributed by atoms with van der Waals surface area (Å²) in [5.41, 5.74) is 0. The van der Waals surface area contributed by atoms with Crippen molar-refractivity contribution in [1.82, 2.24) is 15.5 Å². The highest BCUT2D eigenvalue weighted by atomic mass is 16.5. The molecule has 0 aromatic carbocycles. The zero-order chi connectivity index (χ0) is 13.4. The Balaban J connectivity index is 2.12. The van der Waals surface area contributed by atoms with Gasteiger partial charge >= 0.3 is 6.03 Å². The molecule has 2 amide bonds. The summed E-state index contributed by atoms with van der Waals surface area (Å²) in [6.45, 7) is 8.58. The van der Waals surface area contributed by atoms with E-state index in [2.05, 4.69) is 29.4 Å². The molecule has 1 saturated heterocycles. The normalized spacial score (nSPS) is 19.5. The molecular weight excluding hydrogens is 230 g/mol. The van der Waals surface area contributed by atoms with E-state index in [0.29, 0.717) is 25.7 Å². The minimum atomic E-state index is -0.107. The highest BCUT2D eigenvalue weighted by Crippen LogP contribution is 2.17. The summed E-state index contributed by atoms with van der Waals surface area (Å²) in [5.74, 6) is 0.846. The number of hydrogen-bond acceptors (Lipinski definition) is 3. The van der Waals surface area contributed by atoms with Crippen molar-refractivity contribution in [2.24, 2.45) is 5.92 Å². The smallest absolute Gasteiger partial charge is 0.314 e. The molecule has 1 aliphatic rings. The standard InChI is InChI=1S/C13H27N3O2/c1-11-4-7-16(8-5-11)12(2)10-15-13(17)14-6-9-18-3/h11-12H,4-10H2,1-3H3,(H2,14,15,17). The van der Waals surface area contributed by atoms with Gasteiger partial charge in [-0.05, 0) is 38.8 Å². The molecule has 0 aromatic heterocycles. The summed E-state index contributed by atoms with van der Waals surface area (Å²) in [4.78, 5) is 13.9. The Morgan fingerprint density at radius 3 is 2.67 bits per heavy atom. The summed E-state index contributed by atoms with van der Waals surface area (Å²) in [6, 6.07) is 0.301. The van der Waals surface area contributed by atoms with E-state index in [4.69, 9.17) is 4.74 Å². The minimum Gasteiger partial charge on any atom is -0.383 e. The number of carbonyl (C=O) groups is 1. The van der Waals surface area contributed by atoms with E-state index in [0.717, 1.165) is 19.0 Å². The summed E-state index contributed by atoms with van der Waals surface area (Å²) in [7, 11) is 1.62. The lowest BCUT2D eigenvalue weighted by Crippen LogP contribution is -2.47. The molecule has 1 rings (SSSR count). The molecule has 106 valence electrons. The molecule has 5 heteroatoms. The molecule has 1 aliphatic heterocycles. The first-order valence-electron chi connectivity index (χ1n) is 6.88. The van der Waals surface area contributed by atoms with E-state index >= 15 is 0 Å². The number of amides is 2. The molecule has 0 aliphatic carbocycles. The van der Waals surface area contributed by atoms with Crippen LogP contribution in [0.25, 0.3) is 0 Å². The Morgan fingerprint density at radius 2 is 2.06 bits per heavy atom. The number of nitrogens with zero attached hydrogens (tertiary/aromatic N) is 1. The van der Waals surface area contributed by atoms with Gasteiger partial charge < -0.3 is 15.4 Å². The third kappa shape index (κ3) is 5.69. The van der Waals surface area contributed by atoms with E-state index in [1.165, 1.54) is 12.8 Å². The van der Waals surface area contributed by atoms with Gasteiger partial charge in [0.1, 0.15) is 0 Å². The Kier molecular flexibility index (Phi) is 7.05. The highest BCUT2D eigenvalue weighted by Gasteiger charge is 2.20. The molecular formula is C13H27N3O2. The summed E-state index contributed by atoms with van der Waals surface area (Å²) in [6.07, 6.45) is 2.54. The fourth-order valence-electron chi connectivity index (χ4n) is 2.17. The van der Waals surface area contributed by atoms with Gasteiger partial charge in [-0.1, -0.05) is 6.92 Å². The molecule has 1 unspecified atom stereocenters. The zero-order valence-corrected chi connectivity index (χ0v) is 11.9. The fraction of sp³-hybridized carbons (Fsp3) is 0.923. The van der Waals surface area contributed by atoms with Crippen LogP contribution in [-0.4, -0.2) is 56.9 Å². The molecule has 0 spiro atoms. The van der Waals surface area contributed by atoms with Crippen molar-refractivity contribution in [3.63, 3.8) is 0 Å². The average Bonchev–Trinajstić information content (AvgIpc) is 2.37. The zero-order valence-electron chi connectivity index (χ0n) is 11.9. The van der Waals surface area contributed by atoms with Crippen molar-refractivity contribution >= 4 is 6.03 Å². The number of nitrogens with one attached hydrogen (secondary N) is 2. The van der Waals surface area contributed by atoms with E-state index in [1.807, 2.05) is 0 Å². The van der Waals surface area contributed by atoms with Crippen LogP contribution in [0.15, 0.2) is 0 Å². The van der Waals surface area contributed by atoms with Crippen LogP contribution in [0, 0.1) is 5.92 Å². The lowest BCUT2D eigenvalue weighted by Gasteiger charge is -2.34. The maximum Gasteiger partial charge on any atom is 0.314 e. The monoisotopic (exact) mass is 257 g/mol. The van der Waals surface area contributed by atoms with Crippen molar-refractivity contribution in [3.05, 3.63) is 0 Å². The van der Waals surface area contributed by atoms with Gasteiger partial charge in [-0.25, -0.2) is 4.79 Å². The SMILES string of the molecule is COCCNC(=O)NCC(C)N1CCC(C)CC1. The maximum absolute atomic E-state index is 11.5. The highest BCUT2D eigenvalue weighted by molar-refractivity contribution is 5.73. The number of rotatable bonds is 6. The number of carbonyl (C=O) groups excluding carboxylic acids is 1. The second-order valence-corrected chi connectivity index (χ2v) is 5.20. The third-order valence-electron chi connectivity index (χ3n) is 3.59. The molecule has 18 heavy (non-hydrogen) atoms. The minimum absolute atomic E-state index is 0.107. The summed E-state index contributed by atoms with van der Waals surface area (Å²) in [5, 5.41) is 5.66. The maximum atomic E-state index is 11.5. The van der Waals surface area contributed by atoms with Gasteiger partial charge in [-0.15, -0.1) is 0 Å². The molecule has 5 nitrogen and oxygen atoms in total. The van der Waals surface area contributed by atoms with E-state index in [1.54, 1.807) is 7.11 Å². The predicted octanol–water partition coefficient (Wildman–Crippen LogP) is 1.05. The average molecular weight is 257 g/mol. The molecule has 0 radical (unpaired) electrons. The van der Waals surface area contributed by atoms with Crippen LogP contribution in [0.2, 0.25) is 0 Å². The first-order chi connectivity index (χ1) is 8.63. The van der Waals surface area contributed by atoms with Crippen molar-refractivity contribution in [2.45, 2.75) is 32.7 Å². The molecule has 0 bridgehead atoms. The number of piperidine rings is 1. The van der Waals surface area contributed by atoms with Crippen LogP contribution in [0.4, 0.5) is 4.79 Å². The van der Waals surface area contributed by atoms with E-state index in [-0.39, 0.29) is 6.03 Å². The predicted molar refractivity (Wildman–Crippen MR) is 72.7 cm³/mol. The molecule has 1 heterocycles. The Hall–Kier alpha value is -0.810. The van der Waals surface area contributed by atoms with Crippen molar-refractivity contribution in [1.29, 1.82) is 0 Å². The van der Waals surface area contributed by atoms with Gasteiger partial charge in [0.05, 0.1) is 6.61 Å². The lowest BCUT2D eigenvalue weighted by molar-refractivity contribution is 0.145. The van der Waals surface area contributed by atoms with Crippen molar-refractivity contribution < 1.29 is 9.53 Å². The Morgan fingerprint density at radius 1 is 1.39 bits per heavy atom. The molecule has 1 atom stereocenters. The van der Waals surface area contributed by atoms with Gasteiger partial charge in [0.2, 0.25) is 0 Å². The van der Waals surface area contributed by atoms with Gasteiger partial charge in [0, 0.05) is 26.2 Å². The topological polar surface area (TPSA) is 53.6 Å². The van der Waals surface area contributed by atoms with E-state index < -0.39 is 0 Å². The molecule has 0 aromatic rings. The fourth-order valence-corrected chi connectivity index (χ4v) is 2.17. The Bertz CT molecular complexity index is 240. The number of ether oxygens (including phenoxy) is 1. The van der Waals surface area contributed by atoms with Gasteiger partial charge in [0.25, 0.3) is 0 Å². The summed E-state index contributed by atoms with van der Waals surface area (Å²) < 4.78 is 4.87. The van der Waals surface area contributed by atoms with Crippen LogP contribution < -0.4 is 10.6 Å². The first kappa shape index (κ1) is 15.2. The van der Waals surface area contributed by atoms with Gasteiger partial charge in [-0.2, -0.15) is 0 Å². The second kappa shape index (κ2) is 8.32. The number of urea groups is 1. The second-order valence-electron chi connectivity index (χ2n) is 5.20. The molecule has 2 N–H and O–H groups in total. The Labute approximate surface area is 110 Å². The van der Waals surface area contributed by atoms with Crippen LogP contribution >= 0.6 is 0 Å². The van der Waals surface area contributed by atoms with Gasteiger partial charge in [0.15, 0.2) is 0 Å². The van der Waals surface area contributed by atoms with Gasteiger partial charge in [-0.3, -0.25) is 4.90 Å². The molecule has 0 saturated carbocycles. The first-order valence-corrected chi connectivity index (χ1v) is 6.88. The van der Waals surface area contributed by atoms with Crippen molar-refractivity contribution in [2.75, 3.05) is 39.9 Å². The van der Waals surface area contributed by atoms with Crippen LogP contribution in [0.3, 0.4) is 0 Å². The van der Waals surface area contributed by atoms with E-state index in [9.17, 15) is 4.79 Å². The van der Waals surface area contributed by atoms with Crippen molar-refractivity contribution in [3.8, 4) is 0 Å². The largest absolute Gasteiger partial charge is 0.383 e. The molecule has 1 fully saturated rings. The van der Waals surface area contributed by atoms with Crippen LogP contribution in [0.1, 0.15) is 26.7 Å². The number of likely N-dealkylation sites (tertiary alicyclic amines) is 1. The number of hydrogen-bond donors (Lipinski definition) is 2. The summed E-state index contributed by atoms with van der Waals surface area (Å²) >= 11 is 0. The lowest BCUT2D eigenvalue weighted by atomic mass is 9.98. The number of methoxy groups -OCH3 is 1. The quantitative estimate of drug-likeness (QED) is 0.699. The van der Waals surface area contributed by atoms with Crippen LogP contribution in [-0.2, 0) is 4.74 Å².